The Balaban J connectivity index is 1.29. The van der Waals surface area contributed by atoms with E-state index in [-0.39, 0.29) is 0 Å². The van der Waals surface area contributed by atoms with Crippen LogP contribution in [-0.2, 0) is 4.74 Å². The summed E-state index contributed by atoms with van der Waals surface area (Å²) in [5.74, 6) is 0. The fraction of sp³-hybridized carbons (Fsp3) is 1.00. The van der Waals surface area contributed by atoms with Crippen LogP contribution in [0.1, 0.15) is 51.9 Å². The molecule has 104 valence electrons. The molecule has 0 aromatic rings. The fourth-order valence-corrected chi connectivity index (χ4v) is 3.66. The number of nitrogens with one attached hydrogen (secondary N) is 1. The van der Waals surface area contributed by atoms with E-state index in [9.17, 15) is 0 Å². The molecule has 2 atom stereocenters. The van der Waals surface area contributed by atoms with Crippen molar-refractivity contribution in [2.45, 2.75) is 76.1 Å². The molecule has 3 aliphatic rings. The Morgan fingerprint density at radius 3 is 2.67 bits per heavy atom. The second-order valence-electron chi connectivity index (χ2n) is 6.44. The van der Waals surface area contributed by atoms with E-state index in [4.69, 9.17) is 4.74 Å². The first-order valence-electron chi connectivity index (χ1n) is 7.93. The van der Waals surface area contributed by atoms with E-state index in [0.29, 0.717) is 12.1 Å². The van der Waals surface area contributed by atoms with Gasteiger partial charge < -0.3 is 10.1 Å². The van der Waals surface area contributed by atoms with Crippen molar-refractivity contribution >= 4 is 0 Å². The number of hydrogen-bond donors (Lipinski definition) is 1. The highest BCUT2D eigenvalue weighted by molar-refractivity contribution is 4.95. The largest absolute Gasteiger partial charge is 0.377 e. The van der Waals surface area contributed by atoms with Crippen molar-refractivity contribution in [2.24, 2.45) is 0 Å². The van der Waals surface area contributed by atoms with Gasteiger partial charge in [0.05, 0.1) is 12.7 Å². The monoisotopic (exact) mass is 252 g/mol. The van der Waals surface area contributed by atoms with Crippen LogP contribution < -0.4 is 5.32 Å². The quantitative estimate of drug-likeness (QED) is 0.733. The molecule has 1 saturated heterocycles. The highest BCUT2D eigenvalue weighted by atomic mass is 16.5. The van der Waals surface area contributed by atoms with Crippen molar-refractivity contribution < 1.29 is 4.74 Å². The first-order chi connectivity index (χ1) is 8.83. The summed E-state index contributed by atoms with van der Waals surface area (Å²) in [6, 6.07) is 2.40. The summed E-state index contributed by atoms with van der Waals surface area (Å²) in [7, 11) is 0. The average Bonchev–Trinajstić information content (AvgIpc) is 2.94. The molecule has 1 N–H and O–H groups in total. The van der Waals surface area contributed by atoms with E-state index in [2.05, 4.69) is 17.1 Å². The number of hydrogen-bond acceptors (Lipinski definition) is 3. The Morgan fingerprint density at radius 1 is 1.17 bits per heavy atom. The smallest absolute Gasteiger partial charge is 0.0594 e. The lowest BCUT2D eigenvalue weighted by molar-refractivity contribution is 0.0592. The molecule has 3 rings (SSSR count). The SMILES string of the molecule is CC1CC(NCCOC2CCCC2)CN1C1CC1. The minimum atomic E-state index is 0.567. The predicted octanol–water partition coefficient (Wildman–Crippen LogP) is 2.16. The predicted molar refractivity (Wildman–Crippen MR) is 73.8 cm³/mol. The maximum absolute atomic E-state index is 5.90. The third-order valence-electron chi connectivity index (χ3n) is 4.83. The van der Waals surface area contributed by atoms with Crippen molar-refractivity contribution in [3.8, 4) is 0 Å². The van der Waals surface area contributed by atoms with Gasteiger partial charge in [0.1, 0.15) is 0 Å². The van der Waals surface area contributed by atoms with E-state index in [1.807, 2.05) is 0 Å². The molecule has 3 fully saturated rings. The van der Waals surface area contributed by atoms with Crippen molar-refractivity contribution in [2.75, 3.05) is 19.7 Å². The highest BCUT2D eigenvalue weighted by Gasteiger charge is 2.38. The topological polar surface area (TPSA) is 24.5 Å². The summed E-state index contributed by atoms with van der Waals surface area (Å²) >= 11 is 0. The third-order valence-corrected chi connectivity index (χ3v) is 4.83. The number of likely N-dealkylation sites (tertiary alicyclic amines) is 1. The molecule has 0 radical (unpaired) electrons. The van der Waals surface area contributed by atoms with Gasteiger partial charge in [0, 0.05) is 31.2 Å². The van der Waals surface area contributed by atoms with Crippen LogP contribution in [0.5, 0.6) is 0 Å². The molecule has 2 aliphatic carbocycles. The molecule has 0 bridgehead atoms. The van der Waals surface area contributed by atoms with Gasteiger partial charge in [-0.2, -0.15) is 0 Å². The van der Waals surface area contributed by atoms with Crippen LogP contribution in [0.25, 0.3) is 0 Å². The van der Waals surface area contributed by atoms with Crippen LogP contribution in [-0.4, -0.2) is 48.8 Å². The second-order valence-corrected chi connectivity index (χ2v) is 6.44. The Kier molecular flexibility index (Phi) is 4.22. The van der Waals surface area contributed by atoms with Gasteiger partial charge in [-0.3, -0.25) is 4.90 Å². The van der Waals surface area contributed by atoms with Crippen LogP contribution >= 0.6 is 0 Å². The Morgan fingerprint density at radius 2 is 1.94 bits per heavy atom. The molecule has 3 nitrogen and oxygen atoms in total. The summed E-state index contributed by atoms with van der Waals surface area (Å²) in [5, 5.41) is 3.68. The van der Waals surface area contributed by atoms with Gasteiger partial charge in [-0.1, -0.05) is 12.8 Å². The first kappa shape index (κ1) is 12.9. The van der Waals surface area contributed by atoms with Gasteiger partial charge >= 0.3 is 0 Å². The van der Waals surface area contributed by atoms with Gasteiger partial charge in [0.25, 0.3) is 0 Å². The Bertz CT molecular complexity index is 261. The molecule has 3 heteroatoms. The third kappa shape index (κ3) is 3.25. The zero-order valence-electron chi connectivity index (χ0n) is 11.7. The van der Waals surface area contributed by atoms with Gasteiger partial charge in [-0.15, -0.1) is 0 Å². The highest BCUT2D eigenvalue weighted by Crippen LogP contribution is 2.33. The maximum Gasteiger partial charge on any atom is 0.0594 e. The number of rotatable bonds is 6. The van der Waals surface area contributed by atoms with Gasteiger partial charge in [-0.25, -0.2) is 0 Å². The summed E-state index contributed by atoms with van der Waals surface area (Å²) in [4.78, 5) is 2.70. The molecular weight excluding hydrogens is 224 g/mol. The summed E-state index contributed by atoms with van der Waals surface area (Å²) in [6.07, 6.45) is 10.1. The van der Waals surface area contributed by atoms with E-state index in [1.165, 1.54) is 51.5 Å². The molecule has 0 aromatic heterocycles. The molecule has 1 aliphatic heterocycles. The zero-order valence-corrected chi connectivity index (χ0v) is 11.7. The van der Waals surface area contributed by atoms with Crippen molar-refractivity contribution in [3.05, 3.63) is 0 Å². The average molecular weight is 252 g/mol. The van der Waals surface area contributed by atoms with Gasteiger partial charge in [-0.05, 0) is 39.0 Å². The minimum Gasteiger partial charge on any atom is -0.377 e. The molecule has 1 heterocycles. The minimum absolute atomic E-state index is 0.567. The lowest BCUT2D eigenvalue weighted by atomic mass is 10.2. The Hall–Kier alpha value is -0.120. The lowest BCUT2D eigenvalue weighted by Gasteiger charge is -2.20. The van der Waals surface area contributed by atoms with Gasteiger partial charge in [0.2, 0.25) is 0 Å². The molecule has 0 aromatic carbocycles. The standard InChI is InChI=1S/C15H28N2O/c1-12-10-13(11-17(12)14-6-7-14)16-8-9-18-15-4-2-3-5-15/h12-16H,2-11H2,1H3. The van der Waals surface area contributed by atoms with Crippen LogP contribution in [0.15, 0.2) is 0 Å². The lowest BCUT2D eigenvalue weighted by Crippen LogP contribution is -2.36. The maximum atomic E-state index is 5.90. The van der Waals surface area contributed by atoms with Crippen LogP contribution in [0.3, 0.4) is 0 Å². The van der Waals surface area contributed by atoms with Crippen molar-refractivity contribution in [3.63, 3.8) is 0 Å². The Labute approximate surface area is 111 Å². The van der Waals surface area contributed by atoms with Crippen LogP contribution in [0.4, 0.5) is 0 Å². The van der Waals surface area contributed by atoms with Crippen molar-refractivity contribution in [1.29, 1.82) is 0 Å². The first-order valence-corrected chi connectivity index (χ1v) is 7.93. The fourth-order valence-electron chi connectivity index (χ4n) is 3.66. The molecule has 2 saturated carbocycles. The number of ether oxygens (including phenoxy) is 1. The molecule has 18 heavy (non-hydrogen) atoms. The van der Waals surface area contributed by atoms with E-state index < -0.39 is 0 Å². The normalized spacial score (nSPS) is 34.5. The summed E-state index contributed by atoms with van der Waals surface area (Å²) < 4.78 is 5.90. The molecule has 0 amide bonds. The van der Waals surface area contributed by atoms with E-state index in [1.54, 1.807) is 0 Å². The van der Waals surface area contributed by atoms with Gasteiger partial charge in [0.15, 0.2) is 0 Å². The van der Waals surface area contributed by atoms with E-state index in [0.717, 1.165) is 25.2 Å². The van der Waals surface area contributed by atoms with E-state index >= 15 is 0 Å². The van der Waals surface area contributed by atoms with Crippen molar-refractivity contribution in [1.82, 2.24) is 10.2 Å². The van der Waals surface area contributed by atoms with Crippen LogP contribution in [0, 0.1) is 0 Å². The number of nitrogens with zero attached hydrogens (tertiary/aromatic N) is 1. The molecule has 0 spiro atoms. The second kappa shape index (κ2) is 5.89. The molecular formula is C15H28N2O. The summed E-state index contributed by atoms with van der Waals surface area (Å²) in [5.41, 5.74) is 0. The zero-order chi connectivity index (χ0) is 12.4. The summed E-state index contributed by atoms with van der Waals surface area (Å²) in [6.45, 7) is 5.58. The van der Waals surface area contributed by atoms with Crippen LogP contribution in [0.2, 0.25) is 0 Å². The molecule has 2 unspecified atom stereocenters.